The Morgan fingerprint density at radius 3 is 2.59 bits per heavy atom. The molecule has 0 spiro atoms. The Hall–Kier alpha value is -2.86. The van der Waals surface area contributed by atoms with Gasteiger partial charge in [-0.15, -0.1) is 0 Å². The van der Waals surface area contributed by atoms with Crippen LogP contribution >= 0.6 is 12.2 Å². The number of pyridine rings is 1. The van der Waals surface area contributed by atoms with Gasteiger partial charge in [0.1, 0.15) is 0 Å². The highest BCUT2D eigenvalue weighted by atomic mass is 32.1. The average Bonchev–Trinajstić information content (AvgIpc) is 3.24. The maximum atomic E-state index is 5.74. The smallest absolute Gasteiger partial charge is 0.170 e. The maximum Gasteiger partial charge on any atom is 0.170 e. The second-order valence-electron chi connectivity index (χ2n) is 7.50. The lowest BCUT2D eigenvalue weighted by Gasteiger charge is -2.28. The Kier molecular flexibility index (Phi) is 5.81. The van der Waals surface area contributed by atoms with Crippen LogP contribution in [0.5, 0.6) is 0 Å². The molecule has 6 heteroatoms. The van der Waals surface area contributed by atoms with Crippen molar-refractivity contribution in [2.45, 2.75) is 32.4 Å². The average molecular weight is 406 g/mol. The summed E-state index contributed by atoms with van der Waals surface area (Å²) in [7, 11) is 0. The molecule has 0 saturated carbocycles. The number of hydrogen-bond acceptors (Lipinski definition) is 3. The van der Waals surface area contributed by atoms with Crippen molar-refractivity contribution in [1.82, 2.24) is 20.2 Å². The fraction of sp³-hybridized carbons (Fsp3) is 0.304. The first-order chi connectivity index (χ1) is 14.1. The van der Waals surface area contributed by atoms with E-state index in [4.69, 9.17) is 12.2 Å². The minimum absolute atomic E-state index is 0.0414. The molecule has 3 aromatic rings. The third kappa shape index (κ3) is 4.27. The molecule has 1 aliphatic heterocycles. The molecule has 4 rings (SSSR count). The van der Waals surface area contributed by atoms with Gasteiger partial charge >= 0.3 is 0 Å². The van der Waals surface area contributed by atoms with Gasteiger partial charge in [0.15, 0.2) is 5.11 Å². The zero-order chi connectivity index (χ0) is 20.2. The summed E-state index contributed by atoms with van der Waals surface area (Å²) >= 11 is 5.74. The Labute approximate surface area is 177 Å². The zero-order valence-corrected chi connectivity index (χ0v) is 17.7. The van der Waals surface area contributed by atoms with E-state index in [9.17, 15) is 0 Å². The van der Waals surface area contributed by atoms with Crippen molar-refractivity contribution < 1.29 is 0 Å². The van der Waals surface area contributed by atoms with Gasteiger partial charge in [0.25, 0.3) is 0 Å². The van der Waals surface area contributed by atoms with Gasteiger partial charge < -0.3 is 20.5 Å². The third-order valence-corrected chi connectivity index (χ3v) is 5.74. The fourth-order valence-corrected chi connectivity index (χ4v) is 4.41. The zero-order valence-electron chi connectivity index (χ0n) is 16.9. The summed E-state index contributed by atoms with van der Waals surface area (Å²) in [5.41, 5.74) is 5.80. The number of nitrogens with one attached hydrogen (secondary N) is 3. The molecule has 1 saturated heterocycles. The maximum absolute atomic E-state index is 5.74. The van der Waals surface area contributed by atoms with Gasteiger partial charge in [-0.3, -0.25) is 4.98 Å². The first-order valence-corrected chi connectivity index (χ1v) is 10.5. The number of aromatic amines is 1. The van der Waals surface area contributed by atoms with Crippen molar-refractivity contribution in [2.75, 3.05) is 18.4 Å². The van der Waals surface area contributed by atoms with Gasteiger partial charge in [0.05, 0.1) is 17.8 Å². The van der Waals surface area contributed by atoms with Crippen LogP contribution in [-0.2, 0) is 0 Å². The predicted molar refractivity (Wildman–Crippen MR) is 122 cm³/mol. The summed E-state index contributed by atoms with van der Waals surface area (Å²) in [5, 5.41) is 7.81. The van der Waals surface area contributed by atoms with Crippen LogP contribution in [0.1, 0.15) is 41.1 Å². The highest BCUT2D eigenvalue weighted by Gasteiger charge is 2.40. The molecule has 0 unspecified atom stereocenters. The number of hydrogen-bond donors (Lipinski definition) is 3. The van der Waals surface area contributed by atoms with Gasteiger partial charge in [-0.1, -0.05) is 24.3 Å². The molecule has 0 radical (unpaired) electrons. The lowest BCUT2D eigenvalue weighted by atomic mass is 9.96. The number of aromatic nitrogens is 2. The van der Waals surface area contributed by atoms with E-state index < -0.39 is 0 Å². The normalized spacial score (nSPS) is 18.7. The summed E-state index contributed by atoms with van der Waals surface area (Å²) in [4.78, 5) is 10.4. The van der Waals surface area contributed by atoms with Crippen molar-refractivity contribution in [2.24, 2.45) is 0 Å². The van der Waals surface area contributed by atoms with Crippen LogP contribution in [0, 0.1) is 13.8 Å². The second kappa shape index (κ2) is 8.66. The number of thiocarbonyl (C=S) groups is 1. The highest BCUT2D eigenvalue weighted by molar-refractivity contribution is 7.80. The predicted octanol–water partition coefficient (Wildman–Crippen LogP) is 4.50. The van der Waals surface area contributed by atoms with Crippen molar-refractivity contribution in [3.05, 3.63) is 83.4 Å². The molecule has 1 aromatic carbocycles. The minimum Gasteiger partial charge on any atom is -0.385 e. The van der Waals surface area contributed by atoms with Gasteiger partial charge in [-0.25, -0.2) is 0 Å². The number of para-hydroxylation sites is 1. The molecule has 5 nitrogen and oxygen atoms in total. The van der Waals surface area contributed by atoms with Crippen LogP contribution in [0.15, 0.2) is 60.8 Å². The number of aryl methyl sites for hydroxylation is 2. The number of rotatable bonds is 7. The van der Waals surface area contributed by atoms with Crippen molar-refractivity contribution in [1.29, 1.82) is 0 Å². The Morgan fingerprint density at radius 1 is 1.10 bits per heavy atom. The first kappa shape index (κ1) is 19.5. The van der Waals surface area contributed by atoms with Gasteiger partial charge in [0, 0.05) is 36.4 Å². The Morgan fingerprint density at radius 2 is 1.90 bits per heavy atom. The fourth-order valence-electron chi connectivity index (χ4n) is 4.08. The van der Waals surface area contributed by atoms with Crippen LogP contribution in [0.4, 0.5) is 5.69 Å². The molecular formula is C23H27N5S. The molecule has 2 aromatic heterocycles. The Bertz CT molecular complexity index is 954. The van der Waals surface area contributed by atoms with Crippen LogP contribution < -0.4 is 10.6 Å². The molecule has 2 atom stereocenters. The van der Waals surface area contributed by atoms with Crippen molar-refractivity contribution >= 4 is 23.0 Å². The van der Waals surface area contributed by atoms with Gasteiger partial charge in [0.2, 0.25) is 0 Å². The summed E-state index contributed by atoms with van der Waals surface area (Å²) in [6.45, 7) is 6.01. The van der Waals surface area contributed by atoms with Crippen LogP contribution in [-0.4, -0.2) is 33.1 Å². The summed E-state index contributed by atoms with van der Waals surface area (Å²) in [6.07, 6.45) is 2.84. The van der Waals surface area contributed by atoms with Gasteiger partial charge in [-0.05, 0) is 68.4 Å². The summed E-state index contributed by atoms with van der Waals surface area (Å²) in [5.74, 6) is 0. The lowest BCUT2D eigenvalue weighted by molar-refractivity contribution is 0.315. The third-order valence-electron chi connectivity index (χ3n) is 5.38. The van der Waals surface area contributed by atoms with Crippen LogP contribution in [0.3, 0.4) is 0 Å². The molecule has 29 heavy (non-hydrogen) atoms. The molecule has 0 amide bonds. The van der Waals surface area contributed by atoms with Crippen molar-refractivity contribution in [3.63, 3.8) is 0 Å². The first-order valence-electron chi connectivity index (χ1n) is 10.1. The van der Waals surface area contributed by atoms with Crippen LogP contribution in [0.25, 0.3) is 0 Å². The SMILES string of the molecule is Cc1cc([C@@H]2[C@H](c3ccccn3)NC(=S)N2CCCNc2ccccc2)c(C)[nH]1. The summed E-state index contributed by atoms with van der Waals surface area (Å²) < 4.78 is 0. The Balaban J connectivity index is 1.52. The van der Waals surface area contributed by atoms with Gasteiger partial charge in [-0.2, -0.15) is 0 Å². The minimum atomic E-state index is 0.0414. The van der Waals surface area contributed by atoms with E-state index in [0.717, 1.165) is 36.0 Å². The molecule has 1 aliphatic rings. The van der Waals surface area contributed by atoms with Crippen LogP contribution in [0.2, 0.25) is 0 Å². The molecule has 0 aliphatic carbocycles. The monoisotopic (exact) mass is 405 g/mol. The highest BCUT2D eigenvalue weighted by Crippen LogP contribution is 2.40. The largest absolute Gasteiger partial charge is 0.385 e. The molecule has 0 bridgehead atoms. The van der Waals surface area contributed by atoms with E-state index in [0.29, 0.717) is 0 Å². The number of nitrogens with zero attached hydrogens (tertiary/aromatic N) is 2. The van der Waals surface area contributed by atoms with E-state index in [1.54, 1.807) is 0 Å². The number of H-pyrrole nitrogens is 1. The number of anilines is 1. The van der Waals surface area contributed by atoms with E-state index in [2.05, 4.69) is 63.6 Å². The standard InChI is InChI=1S/C23H27N5S/c1-16-15-19(17(2)26-16)22-21(20-11-6-7-12-25-20)27-23(29)28(22)14-8-13-24-18-9-4-3-5-10-18/h3-7,9-12,15,21-22,24,26H,8,13-14H2,1-2H3,(H,27,29)/t21-,22+/m0/s1. The van der Waals surface area contributed by atoms with E-state index in [-0.39, 0.29) is 12.1 Å². The molecule has 3 N–H and O–H groups in total. The van der Waals surface area contributed by atoms with E-state index >= 15 is 0 Å². The molecule has 150 valence electrons. The molecule has 3 heterocycles. The topological polar surface area (TPSA) is 56.0 Å². The van der Waals surface area contributed by atoms with Crippen molar-refractivity contribution in [3.8, 4) is 0 Å². The number of benzene rings is 1. The quantitative estimate of drug-likeness (QED) is 0.399. The molecular weight excluding hydrogens is 378 g/mol. The molecule has 1 fully saturated rings. The lowest BCUT2D eigenvalue weighted by Crippen LogP contribution is -2.31. The summed E-state index contributed by atoms with van der Waals surface area (Å²) in [6, 6.07) is 18.8. The van der Waals surface area contributed by atoms with E-state index in [1.807, 2.05) is 36.5 Å². The van der Waals surface area contributed by atoms with E-state index in [1.165, 1.54) is 17.0 Å². The second-order valence-corrected chi connectivity index (χ2v) is 7.89.